The lowest BCUT2D eigenvalue weighted by atomic mass is 9.91. The van der Waals surface area contributed by atoms with Gasteiger partial charge in [-0.1, -0.05) is 0 Å². The minimum Gasteiger partial charge on any atom is -0.488 e. The number of ether oxygens (including phenoxy) is 3. The molecule has 0 aromatic heterocycles. The minimum absolute atomic E-state index is 0.0839. The quantitative estimate of drug-likeness (QED) is 0.862. The van der Waals surface area contributed by atoms with E-state index < -0.39 is 5.60 Å². The molecule has 1 unspecified atom stereocenters. The van der Waals surface area contributed by atoms with Crippen LogP contribution in [-0.4, -0.2) is 51.0 Å². The molecule has 1 atom stereocenters. The Morgan fingerprint density at radius 2 is 2.04 bits per heavy atom. The fourth-order valence-corrected chi connectivity index (χ4v) is 3.01. The Labute approximate surface area is 136 Å². The Balaban J connectivity index is 1.59. The highest BCUT2D eigenvalue weighted by Crippen LogP contribution is 2.25. The summed E-state index contributed by atoms with van der Waals surface area (Å²) in [5.74, 6) is 0.709. The molecular formula is C17H24N2O4. The van der Waals surface area contributed by atoms with E-state index in [1.54, 1.807) is 7.11 Å². The van der Waals surface area contributed by atoms with Crippen molar-refractivity contribution in [3.63, 3.8) is 0 Å². The molecule has 126 valence electrons. The van der Waals surface area contributed by atoms with Gasteiger partial charge in [0.25, 0.3) is 5.91 Å². The van der Waals surface area contributed by atoms with Gasteiger partial charge < -0.3 is 24.8 Å². The SMILES string of the molecule is COC1(C(=O)Nc2ccc(OC3CCOC3)cc2)CCNCC1. The molecule has 0 saturated carbocycles. The molecule has 1 aromatic rings. The molecule has 1 aromatic carbocycles. The zero-order valence-corrected chi connectivity index (χ0v) is 13.5. The second-order valence-electron chi connectivity index (χ2n) is 6.03. The number of hydrogen-bond donors (Lipinski definition) is 2. The molecule has 1 amide bonds. The summed E-state index contributed by atoms with van der Waals surface area (Å²) in [6, 6.07) is 7.45. The van der Waals surface area contributed by atoms with E-state index in [-0.39, 0.29) is 12.0 Å². The van der Waals surface area contributed by atoms with Crippen molar-refractivity contribution in [2.75, 3.05) is 38.7 Å². The standard InChI is InChI=1S/C17H24N2O4/c1-21-17(7-9-18-10-8-17)16(20)19-13-2-4-14(5-3-13)23-15-6-11-22-12-15/h2-5,15,18H,6-12H2,1H3,(H,19,20). The van der Waals surface area contributed by atoms with Crippen LogP contribution in [0.1, 0.15) is 19.3 Å². The maximum Gasteiger partial charge on any atom is 0.256 e. The normalized spacial score (nSPS) is 23.4. The maximum atomic E-state index is 12.6. The molecule has 23 heavy (non-hydrogen) atoms. The maximum absolute atomic E-state index is 12.6. The molecule has 2 aliphatic heterocycles. The molecule has 6 nitrogen and oxygen atoms in total. The third-order valence-corrected chi connectivity index (χ3v) is 4.52. The third kappa shape index (κ3) is 3.83. The van der Waals surface area contributed by atoms with Crippen molar-refractivity contribution in [2.24, 2.45) is 0 Å². The van der Waals surface area contributed by atoms with E-state index in [1.807, 2.05) is 24.3 Å². The van der Waals surface area contributed by atoms with Crippen molar-refractivity contribution in [1.82, 2.24) is 5.32 Å². The highest BCUT2D eigenvalue weighted by molar-refractivity contribution is 5.97. The number of methoxy groups -OCH3 is 1. The average Bonchev–Trinajstić information content (AvgIpc) is 3.10. The molecule has 0 bridgehead atoms. The summed E-state index contributed by atoms with van der Waals surface area (Å²) in [5, 5.41) is 6.20. The van der Waals surface area contributed by atoms with Gasteiger partial charge in [0.2, 0.25) is 0 Å². The van der Waals surface area contributed by atoms with Crippen LogP contribution in [0.25, 0.3) is 0 Å². The summed E-state index contributed by atoms with van der Waals surface area (Å²) < 4.78 is 16.7. The van der Waals surface area contributed by atoms with Gasteiger partial charge >= 0.3 is 0 Å². The van der Waals surface area contributed by atoms with Gasteiger partial charge in [0, 0.05) is 19.2 Å². The van der Waals surface area contributed by atoms with Crippen LogP contribution >= 0.6 is 0 Å². The van der Waals surface area contributed by atoms with Crippen LogP contribution in [0.2, 0.25) is 0 Å². The number of anilines is 1. The fraction of sp³-hybridized carbons (Fsp3) is 0.588. The Morgan fingerprint density at radius 3 is 2.65 bits per heavy atom. The fourth-order valence-electron chi connectivity index (χ4n) is 3.01. The van der Waals surface area contributed by atoms with E-state index in [0.29, 0.717) is 19.4 Å². The van der Waals surface area contributed by atoms with Gasteiger partial charge in [-0.15, -0.1) is 0 Å². The zero-order chi connectivity index (χ0) is 16.1. The Kier molecular flexibility index (Phi) is 5.15. The van der Waals surface area contributed by atoms with Crippen LogP contribution in [0.5, 0.6) is 5.75 Å². The lowest BCUT2D eigenvalue weighted by Gasteiger charge is -2.34. The van der Waals surface area contributed by atoms with Crippen molar-refractivity contribution < 1.29 is 19.0 Å². The molecule has 0 radical (unpaired) electrons. The second-order valence-corrected chi connectivity index (χ2v) is 6.03. The number of piperidine rings is 1. The molecule has 0 aliphatic carbocycles. The number of benzene rings is 1. The first kappa shape index (κ1) is 16.2. The highest BCUT2D eigenvalue weighted by Gasteiger charge is 2.39. The van der Waals surface area contributed by atoms with E-state index >= 15 is 0 Å². The molecule has 2 heterocycles. The first-order chi connectivity index (χ1) is 11.2. The number of rotatable bonds is 5. The van der Waals surface area contributed by atoms with Gasteiger partial charge in [-0.3, -0.25) is 4.79 Å². The van der Waals surface area contributed by atoms with Crippen molar-refractivity contribution in [3.8, 4) is 5.75 Å². The lowest BCUT2D eigenvalue weighted by molar-refractivity contribution is -0.140. The first-order valence-corrected chi connectivity index (χ1v) is 8.14. The predicted molar refractivity (Wildman–Crippen MR) is 86.8 cm³/mol. The number of nitrogens with one attached hydrogen (secondary N) is 2. The minimum atomic E-state index is -0.735. The molecule has 2 saturated heterocycles. The highest BCUT2D eigenvalue weighted by atomic mass is 16.5. The molecule has 2 fully saturated rings. The molecular weight excluding hydrogens is 296 g/mol. The van der Waals surface area contributed by atoms with Gasteiger partial charge in [0.05, 0.1) is 13.2 Å². The smallest absolute Gasteiger partial charge is 0.256 e. The zero-order valence-electron chi connectivity index (χ0n) is 13.5. The summed E-state index contributed by atoms with van der Waals surface area (Å²) in [7, 11) is 1.60. The van der Waals surface area contributed by atoms with Crippen molar-refractivity contribution in [3.05, 3.63) is 24.3 Å². The molecule has 0 spiro atoms. The van der Waals surface area contributed by atoms with Crippen molar-refractivity contribution >= 4 is 11.6 Å². The first-order valence-electron chi connectivity index (χ1n) is 8.14. The topological polar surface area (TPSA) is 68.8 Å². The van der Waals surface area contributed by atoms with Crippen molar-refractivity contribution in [1.29, 1.82) is 0 Å². The number of amides is 1. The van der Waals surface area contributed by atoms with Crippen LogP contribution in [0.4, 0.5) is 5.69 Å². The van der Waals surface area contributed by atoms with Crippen LogP contribution in [0.3, 0.4) is 0 Å². The lowest BCUT2D eigenvalue weighted by Crippen LogP contribution is -2.51. The summed E-state index contributed by atoms with van der Waals surface area (Å²) in [6.07, 6.45) is 2.40. The van der Waals surface area contributed by atoms with Crippen LogP contribution in [-0.2, 0) is 14.3 Å². The summed E-state index contributed by atoms with van der Waals surface area (Å²) in [4.78, 5) is 12.6. The van der Waals surface area contributed by atoms with Gasteiger partial charge in [-0.25, -0.2) is 0 Å². The van der Waals surface area contributed by atoms with Crippen molar-refractivity contribution in [2.45, 2.75) is 31.0 Å². The number of hydrogen-bond acceptors (Lipinski definition) is 5. The Bertz CT molecular complexity index is 520. The van der Waals surface area contributed by atoms with Gasteiger partial charge in [0.1, 0.15) is 17.5 Å². The Hall–Kier alpha value is -1.63. The van der Waals surface area contributed by atoms with E-state index in [0.717, 1.165) is 37.6 Å². The van der Waals surface area contributed by atoms with Crippen LogP contribution < -0.4 is 15.4 Å². The van der Waals surface area contributed by atoms with Crippen LogP contribution in [0, 0.1) is 0 Å². The van der Waals surface area contributed by atoms with E-state index in [9.17, 15) is 4.79 Å². The Morgan fingerprint density at radius 1 is 1.30 bits per heavy atom. The number of carbonyl (C=O) groups is 1. The van der Waals surface area contributed by atoms with Crippen LogP contribution in [0.15, 0.2) is 24.3 Å². The largest absolute Gasteiger partial charge is 0.488 e. The van der Waals surface area contributed by atoms with Gasteiger partial charge in [0.15, 0.2) is 0 Å². The predicted octanol–water partition coefficient (Wildman–Crippen LogP) is 1.56. The summed E-state index contributed by atoms with van der Waals surface area (Å²) in [5.41, 5.74) is 0.0155. The van der Waals surface area contributed by atoms with E-state index in [1.165, 1.54) is 0 Å². The van der Waals surface area contributed by atoms with Gasteiger partial charge in [-0.05, 0) is 50.2 Å². The molecule has 3 rings (SSSR count). The third-order valence-electron chi connectivity index (χ3n) is 4.52. The average molecular weight is 320 g/mol. The van der Waals surface area contributed by atoms with E-state index in [2.05, 4.69) is 10.6 Å². The molecule has 2 N–H and O–H groups in total. The number of carbonyl (C=O) groups excluding carboxylic acids is 1. The second kappa shape index (κ2) is 7.29. The molecule has 6 heteroatoms. The summed E-state index contributed by atoms with van der Waals surface area (Å²) >= 11 is 0. The molecule has 2 aliphatic rings. The monoisotopic (exact) mass is 320 g/mol. The van der Waals surface area contributed by atoms with E-state index in [4.69, 9.17) is 14.2 Å². The van der Waals surface area contributed by atoms with Gasteiger partial charge in [-0.2, -0.15) is 0 Å². The summed E-state index contributed by atoms with van der Waals surface area (Å²) in [6.45, 7) is 2.98.